The highest BCUT2D eigenvalue weighted by Gasteiger charge is 2.28. The zero-order valence-electron chi connectivity index (χ0n) is 11.1. The molecule has 1 aliphatic rings. The largest absolute Gasteiger partial charge is 0.409 e. The fraction of sp³-hybridized carbons (Fsp3) is 0.538. The Balaban J connectivity index is 2.41. The van der Waals surface area contributed by atoms with Crippen molar-refractivity contribution in [2.24, 2.45) is 10.9 Å². The first kappa shape index (κ1) is 13.6. The summed E-state index contributed by atoms with van der Waals surface area (Å²) in [7, 11) is 0. The van der Waals surface area contributed by atoms with Crippen molar-refractivity contribution in [1.29, 1.82) is 0 Å². The molecule has 0 saturated heterocycles. The lowest BCUT2D eigenvalue weighted by atomic mass is 9.91. The van der Waals surface area contributed by atoms with E-state index < -0.39 is 0 Å². The molecule has 1 aliphatic carbocycles. The van der Waals surface area contributed by atoms with Crippen LogP contribution in [0.1, 0.15) is 30.5 Å². The summed E-state index contributed by atoms with van der Waals surface area (Å²) in [6, 6.07) is 4.01. The fourth-order valence-electron chi connectivity index (χ4n) is 2.28. The number of amidine groups is 1. The molecule has 1 aromatic heterocycles. The summed E-state index contributed by atoms with van der Waals surface area (Å²) in [6.45, 7) is 2.46. The van der Waals surface area contributed by atoms with Crippen LogP contribution in [0, 0.1) is 6.92 Å². The lowest BCUT2D eigenvalue weighted by Crippen LogP contribution is -2.43. The first-order valence-electron chi connectivity index (χ1n) is 6.50. The van der Waals surface area contributed by atoms with E-state index in [1.807, 2.05) is 13.0 Å². The molecule has 0 bridgehead atoms. The van der Waals surface area contributed by atoms with E-state index >= 15 is 0 Å². The minimum atomic E-state index is 0.0461. The van der Waals surface area contributed by atoms with Gasteiger partial charge in [-0.15, -0.1) is 0 Å². The van der Waals surface area contributed by atoms with Crippen LogP contribution >= 0.6 is 0 Å². The number of hydrogen-bond donors (Lipinski definition) is 3. The number of aliphatic hydroxyl groups excluding tert-OH is 1. The quantitative estimate of drug-likeness (QED) is 0.317. The lowest BCUT2D eigenvalue weighted by Gasteiger charge is -2.39. The average Bonchev–Trinajstić information content (AvgIpc) is 2.35. The third kappa shape index (κ3) is 2.78. The van der Waals surface area contributed by atoms with Crippen molar-refractivity contribution in [3.63, 3.8) is 0 Å². The van der Waals surface area contributed by atoms with Crippen molar-refractivity contribution in [3.8, 4) is 0 Å². The monoisotopic (exact) mass is 264 g/mol. The molecule has 0 spiro atoms. The smallest absolute Gasteiger partial charge is 0.173 e. The minimum Gasteiger partial charge on any atom is -0.409 e. The van der Waals surface area contributed by atoms with Gasteiger partial charge in [-0.3, -0.25) is 0 Å². The normalized spacial score (nSPS) is 16.2. The lowest BCUT2D eigenvalue weighted by molar-refractivity contribution is 0.283. The molecule has 0 amide bonds. The van der Waals surface area contributed by atoms with E-state index in [0.717, 1.165) is 18.5 Å². The van der Waals surface area contributed by atoms with Crippen LogP contribution in [-0.4, -0.2) is 40.3 Å². The van der Waals surface area contributed by atoms with Crippen LogP contribution in [0.4, 0.5) is 5.82 Å². The number of nitrogens with two attached hydrogens (primary N) is 1. The van der Waals surface area contributed by atoms with Gasteiger partial charge < -0.3 is 20.9 Å². The van der Waals surface area contributed by atoms with Gasteiger partial charge in [0.25, 0.3) is 0 Å². The van der Waals surface area contributed by atoms with E-state index in [0.29, 0.717) is 24.0 Å². The van der Waals surface area contributed by atoms with Crippen molar-refractivity contribution < 1.29 is 10.3 Å². The van der Waals surface area contributed by atoms with Crippen LogP contribution in [0.3, 0.4) is 0 Å². The van der Waals surface area contributed by atoms with Crippen LogP contribution in [0.15, 0.2) is 17.3 Å². The maximum absolute atomic E-state index is 9.24. The van der Waals surface area contributed by atoms with Crippen molar-refractivity contribution in [1.82, 2.24) is 4.98 Å². The van der Waals surface area contributed by atoms with Crippen LogP contribution in [0.25, 0.3) is 0 Å². The molecular formula is C13H20N4O2. The molecule has 1 fully saturated rings. The Morgan fingerprint density at radius 3 is 2.79 bits per heavy atom. The second-order valence-electron chi connectivity index (χ2n) is 4.81. The molecule has 2 rings (SSSR count). The van der Waals surface area contributed by atoms with E-state index in [2.05, 4.69) is 15.0 Å². The summed E-state index contributed by atoms with van der Waals surface area (Å²) in [6.07, 6.45) is 3.37. The topological polar surface area (TPSA) is 95.0 Å². The second-order valence-corrected chi connectivity index (χ2v) is 4.81. The van der Waals surface area contributed by atoms with Gasteiger partial charge in [0.05, 0.1) is 12.2 Å². The van der Waals surface area contributed by atoms with Gasteiger partial charge in [-0.25, -0.2) is 4.98 Å². The van der Waals surface area contributed by atoms with Crippen molar-refractivity contribution in [2.75, 3.05) is 18.1 Å². The van der Waals surface area contributed by atoms with Crippen LogP contribution in [0.5, 0.6) is 0 Å². The van der Waals surface area contributed by atoms with Gasteiger partial charge in [-0.2, -0.15) is 0 Å². The van der Waals surface area contributed by atoms with Gasteiger partial charge in [0.2, 0.25) is 0 Å². The van der Waals surface area contributed by atoms with Gasteiger partial charge in [0.1, 0.15) is 5.82 Å². The molecule has 1 aromatic rings. The zero-order valence-corrected chi connectivity index (χ0v) is 11.1. The Morgan fingerprint density at radius 2 is 2.26 bits per heavy atom. The Morgan fingerprint density at radius 1 is 1.53 bits per heavy atom. The summed E-state index contributed by atoms with van der Waals surface area (Å²) < 4.78 is 0. The standard InChI is InChI=1S/C13H20N4O2/c1-9-5-6-11(12(14)16-19)13(15-9)17(7-8-18)10-3-2-4-10/h5-6,10,18-19H,2-4,7-8H2,1H3,(H2,14,16). The number of aromatic nitrogens is 1. The minimum absolute atomic E-state index is 0.0461. The van der Waals surface area contributed by atoms with Crippen molar-refractivity contribution >= 4 is 11.7 Å². The third-order valence-electron chi connectivity index (χ3n) is 3.53. The van der Waals surface area contributed by atoms with Gasteiger partial charge in [-0.1, -0.05) is 5.16 Å². The maximum atomic E-state index is 9.24. The zero-order chi connectivity index (χ0) is 13.8. The molecule has 1 heterocycles. The molecule has 104 valence electrons. The Bertz CT molecular complexity index is 472. The third-order valence-corrected chi connectivity index (χ3v) is 3.53. The number of rotatable bonds is 5. The Labute approximate surface area is 112 Å². The number of aliphatic hydroxyl groups is 1. The number of nitrogens with zero attached hydrogens (tertiary/aromatic N) is 3. The van der Waals surface area contributed by atoms with E-state index in [-0.39, 0.29) is 12.4 Å². The van der Waals surface area contributed by atoms with Crippen molar-refractivity contribution in [2.45, 2.75) is 32.2 Å². The molecule has 0 aliphatic heterocycles. The number of anilines is 1. The summed E-state index contributed by atoms with van der Waals surface area (Å²) in [5.41, 5.74) is 7.18. The number of pyridine rings is 1. The van der Waals surface area contributed by atoms with Crippen molar-refractivity contribution in [3.05, 3.63) is 23.4 Å². The molecule has 0 atom stereocenters. The van der Waals surface area contributed by atoms with Gasteiger partial charge in [0, 0.05) is 18.3 Å². The molecule has 6 nitrogen and oxygen atoms in total. The van der Waals surface area contributed by atoms with Gasteiger partial charge in [-0.05, 0) is 38.3 Å². The highest BCUT2D eigenvalue weighted by Crippen LogP contribution is 2.30. The number of aryl methyl sites for hydroxylation is 1. The van der Waals surface area contributed by atoms with Gasteiger partial charge in [0.15, 0.2) is 5.84 Å². The molecular weight excluding hydrogens is 244 g/mol. The summed E-state index contributed by atoms with van der Waals surface area (Å²) >= 11 is 0. The number of hydrogen-bond acceptors (Lipinski definition) is 5. The fourth-order valence-corrected chi connectivity index (χ4v) is 2.28. The van der Waals surface area contributed by atoms with E-state index in [1.54, 1.807) is 6.07 Å². The van der Waals surface area contributed by atoms with E-state index in [9.17, 15) is 5.11 Å². The highest BCUT2D eigenvalue weighted by molar-refractivity contribution is 6.01. The van der Waals surface area contributed by atoms with Crippen LogP contribution < -0.4 is 10.6 Å². The maximum Gasteiger partial charge on any atom is 0.173 e. The molecule has 0 unspecified atom stereocenters. The second kappa shape index (κ2) is 5.88. The molecule has 1 saturated carbocycles. The van der Waals surface area contributed by atoms with Crippen LogP contribution in [-0.2, 0) is 0 Å². The summed E-state index contributed by atoms with van der Waals surface area (Å²) in [4.78, 5) is 6.57. The van der Waals surface area contributed by atoms with Crippen LogP contribution in [0.2, 0.25) is 0 Å². The molecule has 0 aromatic carbocycles. The molecule has 6 heteroatoms. The Kier molecular flexibility index (Phi) is 4.21. The predicted molar refractivity (Wildman–Crippen MR) is 73.6 cm³/mol. The first-order chi connectivity index (χ1) is 9.17. The predicted octanol–water partition coefficient (Wildman–Crippen LogP) is 0.836. The molecule has 4 N–H and O–H groups in total. The summed E-state index contributed by atoms with van der Waals surface area (Å²) in [5, 5.41) is 21.2. The van der Waals surface area contributed by atoms with E-state index in [4.69, 9.17) is 10.9 Å². The Hall–Kier alpha value is -1.82. The van der Waals surface area contributed by atoms with Gasteiger partial charge >= 0.3 is 0 Å². The molecule has 0 radical (unpaired) electrons. The SMILES string of the molecule is Cc1ccc(/C(N)=N/O)c(N(CCO)C2CCC2)n1. The summed E-state index contributed by atoms with van der Waals surface area (Å²) in [5.74, 6) is 0.735. The average molecular weight is 264 g/mol. The molecule has 19 heavy (non-hydrogen) atoms. The number of oxime groups is 1. The highest BCUT2D eigenvalue weighted by atomic mass is 16.4. The van der Waals surface area contributed by atoms with E-state index in [1.165, 1.54) is 6.42 Å². The first-order valence-corrected chi connectivity index (χ1v) is 6.50.